The molecule has 14 heavy (non-hydrogen) atoms. The first-order chi connectivity index (χ1) is 6.27. The van der Waals surface area contributed by atoms with Crippen LogP contribution in [0, 0.1) is 0 Å². The van der Waals surface area contributed by atoms with Gasteiger partial charge in [-0.1, -0.05) is 13.3 Å². The Morgan fingerprint density at radius 3 is 2.14 bits per heavy atom. The summed E-state index contributed by atoms with van der Waals surface area (Å²) in [5.41, 5.74) is 0. The van der Waals surface area contributed by atoms with Crippen LogP contribution in [-0.2, 0) is 0 Å². The van der Waals surface area contributed by atoms with Gasteiger partial charge in [-0.25, -0.2) is 17.6 Å². The second kappa shape index (κ2) is 5.53. The van der Waals surface area contributed by atoms with Gasteiger partial charge in [0.15, 0.2) is 0 Å². The topological polar surface area (TPSA) is 12.0 Å². The maximum absolute atomic E-state index is 12.8. The van der Waals surface area contributed by atoms with Crippen molar-refractivity contribution >= 4 is 0 Å². The summed E-state index contributed by atoms with van der Waals surface area (Å²) in [5, 5.41) is 2.47. The molecule has 0 bridgehead atoms. The van der Waals surface area contributed by atoms with Gasteiger partial charge in [0.2, 0.25) is 0 Å². The van der Waals surface area contributed by atoms with Crippen molar-refractivity contribution in [1.82, 2.24) is 5.32 Å². The van der Waals surface area contributed by atoms with E-state index < -0.39 is 24.8 Å². The fourth-order valence-electron chi connectivity index (χ4n) is 1.09. The Balaban J connectivity index is 3.72. The molecular formula is C9H17F4N. The summed E-state index contributed by atoms with van der Waals surface area (Å²) >= 11 is 0. The van der Waals surface area contributed by atoms with Crippen LogP contribution in [0.25, 0.3) is 0 Å². The SMILES string of the molecule is CCCCNCC(F)(F)CC(C)(F)F. The van der Waals surface area contributed by atoms with Crippen molar-refractivity contribution in [2.75, 3.05) is 13.1 Å². The Kier molecular flexibility index (Phi) is 5.41. The van der Waals surface area contributed by atoms with Gasteiger partial charge >= 0.3 is 0 Å². The third-order valence-electron chi connectivity index (χ3n) is 1.66. The van der Waals surface area contributed by atoms with Gasteiger partial charge in [0.25, 0.3) is 11.8 Å². The van der Waals surface area contributed by atoms with Crippen molar-refractivity contribution in [3.63, 3.8) is 0 Å². The quantitative estimate of drug-likeness (QED) is 0.508. The Morgan fingerprint density at radius 1 is 1.14 bits per heavy atom. The molecule has 0 amide bonds. The highest BCUT2D eigenvalue weighted by atomic mass is 19.3. The van der Waals surface area contributed by atoms with Gasteiger partial charge in [-0.3, -0.25) is 0 Å². The first-order valence-electron chi connectivity index (χ1n) is 4.73. The van der Waals surface area contributed by atoms with Gasteiger partial charge < -0.3 is 5.32 Å². The smallest absolute Gasteiger partial charge is 0.266 e. The van der Waals surface area contributed by atoms with Crippen LogP contribution >= 0.6 is 0 Å². The molecule has 1 nitrogen and oxygen atoms in total. The molecule has 0 atom stereocenters. The van der Waals surface area contributed by atoms with E-state index in [0.717, 1.165) is 12.8 Å². The number of rotatable bonds is 7. The average molecular weight is 215 g/mol. The molecule has 0 rings (SSSR count). The molecule has 0 aliphatic rings. The van der Waals surface area contributed by atoms with Gasteiger partial charge in [-0.2, -0.15) is 0 Å². The van der Waals surface area contributed by atoms with E-state index in [1.165, 1.54) is 0 Å². The van der Waals surface area contributed by atoms with E-state index in [0.29, 0.717) is 13.5 Å². The summed E-state index contributed by atoms with van der Waals surface area (Å²) in [4.78, 5) is 0. The van der Waals surface area contributed by atoms with Gasteiger partial charge in [0, 0.05) is 0 Å². The molecule has 1 N–H and O–H groups in total. The van der Waals surface area contributed by atoms with Crippen LogP contribution in [0.1, 0.15) is 33.1 Å². The maximum Gasteiger partial charge on any atom is 0.266 e. The standard InChI is InChI=1S/C9H17F4N/c1-3-4-5-14-7-9(12,13)6-8(2,10)11/h14H,3-7H2,1-2H3. The van der Waals surface area contributed by atoms with Crippen LogP contribution in [0.2, 0.25) is 0 Å². The van der Waals surface area contributed by atoms with Crippen molar-refractivity contribution in [3.8, 4) is 0 Å². The number of alkyl halides is 4. The molecule has 0 unspecified atom stereocenters. The van der Waals surface area contributed by atoms with Crippen LogP contribution < -0.4 is 5.32 Å². The van der Waals surface area contributed by atoms with Crippen molar-refractivity contribution in [2.45, 2.75) is 45.0 Å². The summed E-state index contributed by atoms with van der Waals surface area (Å²) < 4.78 is 50.2. The lowest BCUT2D eigenvalue weighted by Crippen LogP contribution is -2.37. The monoisotopic (exact) mass is 215 g/mol. The van der Waals surface area contributed by atoms with E-state index >= 15 is 0 Å². The van der Waals surface area contributed by atoms with E-state index in [1.54, 1.807) is 0 Å². The first-order valence-corrected chi connectivity index (χ1v) is 4.73. The van der Waals surface area contributed by atoms with Crippen molar-refractivity contribution in [1.29, 1.82) is 0 Å². The summed E-state index contributed by atoms with van der Waals surface area (Å²) in [5.74, 6) is -6.64. The Bertz CT molecular complexity index is 153. The fourth-order valence-corrected chi connectivity index (χ4v) is 1.09. The molecule has 0 aromatic rings. The van der Waals surface area contributed by atoms with E-state index in [9.17, 15) is 17.6 Å². The second-order valence-corrected chi connectivity index (χ2v) is 3.63. The van der Waals surface area contributed by atoms with Gasteiger partial charge in [0.1, 0.15) is 0 Å². The summed E-state index contributed by atoms with van der Waals surface area (Å²) in [7, 11) is 0. The highest BCUT2D eigenvalue weighted by Gasteiger charge is 2.39. The number of nitrogens with one attached hydrogen (secondary N) is 1. The lowest BCUT2D eigenvalue weighted by Gasteiger charge is -2.20. The highest BCUT2D eigenvalue weighted by Crippen LogP contribution is 2.29. The largest absolute Gasteiger partial charge is 0.311 e. The minimum atomic E-state index is -3.33. The summed E-state index contributed by atoms with van der Waals surface area (Å²) in [6, 6.07) is 0. The summed E-state index contributed by atoms with van der Waals surface area (Å²) in [6.07, 6.45) is 0.278. The summed E-state index contributed by atoms with van der Waals surface area (Å²) in [6.45, 7) is 2.21. The zero-order chi connectivity index (χ0) is 11.2. The van der Waals surface area contributed by atoms with Crippen LogP contribution in [0.4, 0.5) is 17.6 Å². The molecule has 0 spiro atoms. The molecule has 0 heterocycles. The molecule has 0 aromatic heterocycles. The van der Waals surface area contributed by atoms with Gasteiger partial charge in [-0.15, -0.1) is 0 Å². The minimum Gasteiger partial charge on any atom is -0.311 e. The predicted molar refractivity (Wildman–Crippen MR) is 48.0 cm³/mol. The van der Waals surface area contributed by atoms with Gasteiger partial charge in [0.05, 0.1) is 13.0 Å². The van der Waals surface area contributed by atoms with Crippen LogP contribution in [0.15, 0.2) is 0 Å². The fraction of sp³-hybridized carbons (Fsp3) is 1.00. The minimum absolute atomic E-state index is 0.446. The molecule has 0 saturated heterocycles. The second-order valence-electron chi connectivity index (χ2n) is 3.63. The molecule has 0 aromatic carbocycles. The van der Waals surface area contributed by atoms with Crippen LogP contribution in [0.3, 0.4) is 0 Å². The van der Waals surface area contributed by atoms with E-state index in [4.69, 9.17) is 0 Å². The molecule has 0 saturated carbocycles. The van der Waals surface area contributed by atoms with Crippen LogP contribution in [-0.4, -0.2) is 24.9 Å². The van der Waals surface area contributed by atoms with Crippen molar-refractivity contribution in [2.24, 2.45) is 0 Å². The molecule has 5 heteroatoms. The molecule has 86 valence electrons. The number of halogens is 4. The third kappa shape index (κ3) is 8.29. The first kappa shape index (κ1) is 13.7. The van der Waals surface area contributed by atoms with E-state index in [1.807, 2.05) is 6.92 Å². The zero-order valence-corrected chi connectivity index (χ0v) is 8.55. The number of unbranched alkanes of at least 4 members (excludes halogenated alkanes) is 1. The van der Waals surface area contributed by atoms with Crippen molar-refractivity contribution < 1.29 is 17.6 Å². The zero-order valence-electron chi connectivity index (χ0n) is 8.55. The Hall–Kier alpha value is -0.320. The predicted octanol–water partition coefficient (Wildman–Crippen LogP) is 3.06. The van der Waals surface area contributed by atoms with Crippen molar-refractivity contribution in [3.05, 3.63) is 0 Å². The third-order valence-corrected chi connectivity index (χ3v) is 1.66. The normalized spacial score (nSPS) is 13.3. The Labute approximate surface area is 81.9 Å². The lowest BCUT2D eigenvalue weighted by molar-refractivity contribution is -0.0984. The van der Waals surface area contributed by atoms with Crippen LogP contribution in [0.5, 0.6) is 0 Å². The molecule has 0 radical (unpaired) electrons. The Morgan fingerprint density at radius 2 is 1.71 bits per heavy atom. The molecule has 0 aliphatic carbocycles. The lowest BCUT2D eigenvalue weighted by atomic mass is 10.1. The number of hydrogen-bond acceptors (Lipinski definition) is 1. The molecule has 0 fully saturated rings. The molecular weight excluding hydrogens is 198 g/mol. The molecule has 0 aliphatic heterocycles. The average Bonchev–Trinajstić information content (AvgIpc) is 1.93. The maximum atomic E-state index is 12.8. The number of hydrogen-bond donors (Lipinski definition) is 1. The van der Waals surface area contributed by atoms with E-state index in [-0.39, 0.29) is 0 Å². The van der Waals surface area contributed by atoms with E-state index in [2.05, 4.69) is 5.32 Å². The van der Waals surface area contributed by atoms with Gasteiger partial charge in [-0.05, 0) is 19.9 Å². The highest BCUT2D eigenvalue weighted by molar-refractivity contribution is 4.76.